The van der Waals surface area contributed by atoms with Gasteiger partial charge in [0.1, 0.15) is 0 Å². The summed E-state index contributed by atoms with van der Waals surface area (Å²) >= 11 is 0.211. The van der Waals surface area contributed by atoms with Gasteiger partial charge in [-0.15, -0.1) is 0 Å². The van der Waals surface area contributed by atoms with Gasteiger partial charge in [-0.05, 0) is 12.8 Å². The molecule has 0 heterocycles. The topological polar surface area (TPSA) is 9.23 Å². The van der Waals surface area contributed by atoms with Crippen LogP contribution in [0.2, 0.25) is 5.28 Å². The van der Waals surface area contributed by atoms with E-state index in [0.717, 1.165) is 0 Å². The van der Waals surface area contributed by atoms with Gasteiger partial charge in [0.05, 0.1) is 0 Å². The Morgan fingerprint density at radius 1 is 0.933 bits per heavy atom. The second-order valence-electron chi connectivity index (χ2n) is 3.99. The van der Waals surface area contributed by atoms with Crippen LogP contribution in [0.5, 0.6) is 0 Å². The van der Waals surface area contributed by atoms with Crippen molar-refractivity contribution in [1.29, 1.82) is 0 Å². The Bertz CT molecular complexity index is 134. The Morgan fingerprint density at radius 3 is 2.27 bits per heavy atom. The van der Waals surface area contributed by atoms with Gasteiger partial charge in [0.2, 0.25) is 0 Å². The highest BCUT2D eigenvalue weighted by Crippen LogP contribution is 2.08. The summed E-state index contributed by atoms with van der Waals surface area (Å²) in [6.07, 6.45) is 15.0. The molecule has 0 fully saturated rings. The van der Waals surface area contributed by atoms with Crippen LogP contribution in [0, 0.1) is 0 Å². The summed E-state index contributed by atoms with van der Waals surface area (Å²) in [5.41, 5.74) is 0. The summed E-state index contributed by atoms with van der Waals surface area (Å²) in [5, 5.41) is 1.18. The van der Waals surface area contributed by atoms with Crippen LogP contribution in [0.4, 0.5) is 0 Å². The fourth-order valence-electron chi connectivity index (χ4n) is 1.49. The number of hydrogen-bond donors (Lipinski definition) is 0. The van der Waals surface area contributed by atoms with Crippen molar-refractivity contribution in [3.8, 4) is 0 Å². The minimum absolute atomic E-state index is 0.211. The molecule has 0 aromatic rings. The van der Waals surface area contributed by atoms with E-state index in [1.807, 2.05) is 6.26 Å². The minimum Gasteiger partial charge on any atom is -0.653 e. The van der Waals surface area contributed by atoms with Crippen LogP contribution >= 0.6 is 0 Å². The molecule has 87 valence electrons. The summed E-state index contributed by atoms with van der Waals surface area (Å²) in [6, 6.07) is 0. The molecule has 0 amide bonds. The van der Waals surface area contributed by atoms with Crippen LogP contribution in [-0.4, -0.2) is 15.6 Å². The zero-order valence-electron chi connectivity index (χ0n) is 10.5. The van der Waals surface area contributed by atoms with Gasteiger partial charge in [0.25, 0.3) is 0 Å². The third-order valence-electron chi connectivity index (χ3n) is 2.41. The highest BCUT2D eigenvalue weighted by molar-refractivity contribution is 6.27. The van der Waals surface area contributed by atoms with Gasteiger partial charge in [-0.1, -0.05) is 63.7 Å². The molecule has 0 N–H and O–H groups in total. The van der Waals surface area contributed by atoms with Gasteiger partial charge in [-0.25, -0.2) is 0 Å². The van der Waals surface area contributed by atoms with E-state index in [-0.39, 0.29) is 15.6 Å². The van der Waals surface area contributed by atoms with Gasteiger partial charge < -0.3 is 3.79 Å². The number of rotatable bonds is 11. The molecule has 0 rings (SSSR count). The van der Waals surface area contributed by atoms with E-state index in [0.29, 0.717) is 0 Å². The van der Waals surface area contributed by atoms with E-state index in [4.69, 9.17) is 3.79 Å². The molecule has 0 aromatic heterocycles. The lowest BCUT2D eigenvalue weighted by molar-refractivity contribution is 0.509. The fraction of sp³-hybridized carbons (Fsp3) is 0.846. The van der Waals surface area contributed by atoms with Gasteiger partial charge in [0.15, 0.2) is 0 Å². The van der Waals surface area contributed by atoms with E-state index in [9.17, 15) is 0 Å². The molecule has 1 radical (unpaired) electrons. The van der Waals surface area contributed by atoms with Gasteiger partial charge in [0, 0.05) is 6.26 Å². The van der Waals surface area contributed by atoms with Crippen molar-refractivity contribution in [3.05, 3.63) is 12.3 Å². The molecule has 0 aromatic carbocycles. The molecule has 0 atom stereocenters. The molecule has 0 bridgehead atoms. The fourth-order valence-corrected chi connectivity index (χ4v) is 1.91. The van der Waals surface area contributed by atoms with Crippen LogP contribution in [0.1, 0.15) is 65.2 Å². The lowest BCUT2D eigenvalue weighted by Gasteiger charge is -1.99. The summed E-state index contributed by atoms with van der Waals surface area (Å²) < 4.78 is 5.35. The van der Waals surface area contributed by atoms with Crippen molar-refractivity contribution in [1.82, 2.24) is 0 Å². The van der Waals surface area contributed by atoms with E-state index >= 15 is 0 Å². The molecule has 0 saturated heterocycles. The zero-order chi connectivity index (χ0) is 11.2. The quantitative estimate of drug-likeness (QED) is 0.281. The monoisotopic (exact) mass is 225 g/mol. The Hall–Kier alpha value is 0.0725. The van der Waals surface area contributed by atoms with Crippen molar-refractivity contribution in [2.45, 2.75) is 70.5 Å². The highest BCUT2D eigenvalue weighted by atomic mass is 27.1. The number of unbranched alkanes of at least 4 members (excludes halogenated alkanes) is 7. The summed E-state index contributed by atoms with van der Waals surface area (Å²) in [7, 11) is 0. The maximum absolute atomic E-state index is 5.35. The predicted molar refractivity (Wildman–Crippen MR) is 69.1 cm³/mol. The maximum Gasteiger partial charge on any atom is 0.522 e. The Kier molecular flexibility index (Phi) is 14.1. The molecular weight excluding hydrogens is 199 g/mol. The average Bonchev–Trinajstić information content (AvgIpc) is 2.26. The lowest BCUT2D eigenvalue weighted by atomic mass is 10.1. The van der Waals surface area contributed by atoms with E-state index in [1.165, 1.54) is 56.6 Å². The molecular formula is C13H26AlO. The zero-order valence-corrected chi connectivity index (χ0v) is 11.7. The van der Waals surface area contributed by atoms with Crippen LogP contribution in [0.3, 0.4) is 0 Å². The second-order valence-corrected chi connectivity index (χ2v) is 5.41. The van der Waals surface area contributed by atoms with Gasteiger partial charge in [-0.2, -0.15) is 0 Å². The number of hydrogen-bond acceptors (Lipinski definition) is 1. The first kappa shape index (κ1) is 15.1. The molecule has 0 aliphatic rings. The predicted octanol–water partition coefficient (Wildman–Crippen LogP) is 4.71. The normalized spacial score (nSPS) is 10.8. The van der Waals surface area contributed by atoms with Crippen molar-refractivity contribution in [2.24, 2.45) is 0 Å². The summed E-state index contributed by atoms with van der Waals surface area (Å²) in [4.78, 5) is 0. The first-order valence-electron chi connectivity index (χ1n) is 6.54. The molecule has 0 aliphatic carbocycles. The third-order valence-corrected chi connectivity index (χ3v) is 3.09. The second kappa shape index (κ2) is 14.1. The van der Waals surface area contributed by atoms with Crippen molar-refractivity contribution in [3.63, 3.8) is 0 Å². The van der Waals surface area contributed by atoms with E-state index in [2.05, 4.69) is 19.9 Å². The lowest BCUT2D eigenvalue weighted by Crippen LogP contribution is -1.87. The van der Waals surface area contributed by atoms with E-state index in [1.54, 1.807) is 0 Å². The highest BCUT2D eigenvalue weighted by Gasteiger charge is 1.89. The Morgan fingerprint density at radius 2 is 1.60 bits per heavy atom. The smallest absolute Gasteiger partial charge is 0.522 e. The Balaban J connectivity index is 2.95. The Labute approximate surface area is 102 Å². The van der Waals surface area contributed by atoms with Crippen LogP contribution in [0.15, 0.2) is 12.3 Å². The minimum atomic E-state index is 0.211. The van der Waals surface area contributed by atoms with Crippen LogP contribution < -0.4 is 0 Å². The van der Waals surface area contributed by atoms with E-state index < -0.39 is 0 Å². The first-order chi connectivity index (χ1) is 7.41. The standard InChI is InChI=1S/C11H22O.C2H5.Al/c1-2-3-4-5-6-7-8-9-10-11-12;1-2;/h10-12H,2-9H2,1H3;1H2,2H3;/q;;+1/p-1. The van der Waals surface area contributed by atoms with Crippen molar-refractivity contribution >= 4 is 15.6 Å². The molecule has 0 spiro atoms. The maximum atomic E-state index is 5.35. The molecule has 15 heavy (non-hydrogen) atoms. The molecule has 2 heteroatoms. The van der Waals surface area contributed by atoms with Crippen molar-refractivity contribution < 1.29 is 3.79 Å². The van der Waals surface area contributed by atoms with Crippen molar-refractivity contribution in [2.75, 3.05) is 0 Å². The largest absolute Gasteiger partial charge is 0.653 e. The molecule has 0 saturated carbocycles. The van der Waals surface area contributed by atoms with Gasteiger partial charge >= 0.3 is 15.6 Å². The molecule has 0 unspecified atom stereocenters. The van der Waals surface area contributed by atoms with Crippen LogP contribution in [-0.2, 0) is 3.79 Å². The first-order valence-corrected chi connectivity index (χ1v) is 7.82. The summed E-state index contributed by atoms with van der Waals surface area (Å²) in [6.45, 7) is 4.43. The van der Waals surface area contributed by atoms with Gasteiger partial charge in [-0.3, -0.25) is 0 Å². The summed E-state index contributed by atoms with van der Waals surface area (Å²) in [5.74, 6) is 0. The number of allylic oxidation sites excluding steroid dienone is 1. The molecule has 1 nitrogen and oxygen atoms in total. The third kappa shape index (κ3) is 14.1. The van der Waals surface area contributed by atoms with Crippen LogP contribution in [0.25, 0.3) is 0 Å². The average molecular weight is 225 g/mol. The SMILES string of the molecule is CCCCCCCCCC=C[O][Al][CH2]C. The molecule has 0 aliphatic heterocycles.